The third-order valence-electron chi connectivity index (χ3n) is 3.61. The number of likely N-dealkylation sites (tertiary alicyclic amines) is 1. The lowest BCUT2D eigenvalue weighted by Gasteiger charge is -2.33. The smallest absolute Gasteiger partial charge is 0.336 e. The normalized spacial score (nSPS) is 20.9. The maximum Gasteiger partial charge on any atom is 0.336 e. The average molecular weight is 251 g/mol. The minimum Gasteiger partial charge on any atom is -0.478 e. The van der Waals surface area contributed by atoms with Crippen molar-refractivity contribution in [1.82, 2.24) is 4.90 Å². The molecule has 1 aliphatic heterocycles. The molecule has 0 aromatic heterocycles. The molecule has 0 aliphatic carbocycles. The number of aromatic carboxylic acids is 1. The van der Waals surface area contributed by atoms with Gasteiger partial charge in [-0.05, 0) is 50.1 Å². The van der Waals surface area contributed by atoms with Crippen LogP contribution < -0.4 is 0 Å². The molecule has 4 heteroatoms. The molecule has 1 saturated heterocycles. The van der Waals surface area contributed by atoms with E-state index in [0.717, 1.165) is 19.4 Å². The summed E-state index contributed by atoms with van der Waals surface area (Å²) in [5.74, 6) is -1.37. The van der Waals surface area contributed by atoms with Gasteiger partial charge in [0.2, 0.25) is 0 Å². The number of halogens is 1. The van der Waals surface area contributed by atoms with Crippen molar-refractivity contribution in [3.8, 4) is 0 Å². The van der Waals surface area contributed by atoms with Crippen LogP contribution in [0.5, 0.6) is 0 Å². The van der Waals surface area contributed by atoms with Gasteiger partial charge in [-0.3, -0.25) is 4.90 Å². The lowest BCUT2D eigenvalue weighted by molar-refractivity contribution is 0.0692. The molecule has 3 nitrogen and oxygen atoms in total. The molecule has 98 valence electrons. The van der Waals surface area contributed by atoms with Gasteiger partial charge in [-0.15, -0.1) is 0 Å². The van der Waals surface area contributed by atoms with Crippen LogP contribution in [-0.2, 0) is 6.54 Å². The van der Waals surface area contributed by atoms with Crippen LogP contribution in [0.4, 0.5) is 4.39 Å². The molecule has 1 heterocycles. The molecule has 0 amide bonds. The van der Waals surface area contributed by atoms with Gasteiger partial charge in [-0.1, -0.05) is 6.42 Å². The Labute approximate surface area is 106 Å². The molecule has 1 aromatic carbocycles. The van der Waals surface area contributed by atoms with E-state index in [4.69, 9.17) is 5.11 Å². The number of hydrogen-bond donors (Lipinski definition) is 1. The van der Waals surface area contributed by atoms with Crippen molar-refractivity contribution < 1.29 is 14.3 Å². The Bertz CT molecular complexity index is 447. The third-order valence-corrected chi connectivity index (χ3v) is 3.61. The van der Waals surface area contributed by atoms with Gasteiger partial charge in [0, 0.05) is 12.6 Å². The highest BCUT2D eigenvalue weighted by molar-refractivity contribution is 5.89. The second-order valence-electron chi connectivity index (χ2n) is 4.92. The highest BCUT2D eigenvalue weighted by Crippen LogP contribution is 2.21. The van der Waals surface area contributed by atoms with Crippen molar-refractivity contribution >= 4 is 5.97 Å². The molecule has 2 rings (SSSR count). The van der Waals surface area contributed by atoms with E-state index in [1.54, 1.807) is 0 Å². The van der Waals surface area contributed by atoms with Gasteiger partial charge in [0.25, 0.3) is 0 Å². The maximum atomic E-state index is 13.3. The second-order valence-corrected chi connectivity index (χ2v) is 4.92. The van der Waals surface area contributed by atoms with Crippen molar-refractivity contribution in [3.05, 3.63) is 35.1 Å². The molecule has 0 radical (unpaired) electrons. The zero-order valence-electron chi connectivity index (χ0n) is 10.5. The van der Waals surface area contributed by atoms with Gasteiger partial charge in [0.05, 0.1) is 5.56 Å². The van der Waals surface area contributed by atoms with Crippen LogP contribution in [0.2, 0.25) is 0 Å². The summed E-state index contributed by atoms with van der Waals surface area (Å²) in [6.45, 7) is 3.61. The Morgan fingerprint density at radius 3 is 2.94 bits per heavy atom. The largest absolute Gasteiger partial charge is 0.478 e. The second kappa shape index (κ2) is 5.48. The molecule has 1 fully saturated rings. The number of carboxylic acid groups (broad SMARTS) is 1. The first kappa shape index (κ1) is 13.0. The summed E-state index contributed by atoms with van der Waals surface area (Å²) >= 11 is 0. The SMILES string of the molecule is CC1CCCCN1Cc1cc(F)ccc1C(=O)O. The predicted molar refractivity (Wildman–Crippen MR) is 67.1 cm³/mol. The molecule has 0 bridgehead atoms. The number of benzene rings is 1. The van der Waals surface area contributed by atoms with Crippen molar-refractivity contribution in [3.63, 3.8) is 0 Å². The zero-order chi connectivity index (χ0) is 13.1. The van der Waals surface area contributed by atoms with Crippen LogP contribution in [0.25, 0.3) is 0 Å². The van der Waals surface area contributed by atoms with Crippen LogP contribution in [0.15, 0.2) is 18.2 Å². The highest BCUT2D eigenvalue weighted by atomic mass is 19.1. The van der Waals surface area contributed by atoms with Gasteiger partial charge in [-0.25, -0.2) is 9.18 Å². The number of carbonyl (C=O) groups is 1. The molecule has 1 aromatic rings. The van der Waals surface area contributed by atoms with Gasteiger partial charge in [0.15, 0.2) is 0 Å². The summed E-state index contributed by atoms with van der Waals surface area (Å²) in [6.07, 6.45) is 3.46. The highest BCUT2D eigenvalue weighted by Gasteiger charge is 2.20. The van der Waals surface area contributed by atoms with E-state index in [1.165, 1.54) is 24.6 Å². The minimum absolute atomic E-state index is 0.203. The summed E-state index contributed by atoms with van der Waals surface area (Å²) in [5, 5.41) is 9.11. The van der Waals surface area contributed by atoms with Gasteiger partial charge in [0.1, 0.15) is 5.82 Å². The molecule has 0 spiro atoms. The Balaban J connectivity index is 2.21. The Hall–Kier alpha value is -1.42. The van der Waals surface area contributed by atoms with Gasteiger partial charge in [-0.2, -0.15) is 0 Å². The minimum atomic E-state index is -0.991. The van der Waals surface area contributed by atoms with Crippen molar-refractivity contribution in [1.29, 1.82) is 0 Å². The lowest BCUT2D eigenvalue weighted by Crippen LogP contribution is -2.37. The number of hydrogen-bond acceptors (Lipinski definition) is 2. The monoisotopic (exact) mass is 251 g/mol. The maximum absolute atomic E-state index is 13.3. The molecule has 0 saturated carbocycles. The average Bonchev–Trinajstić information content (AvgIpc) is 2.32. The lowest BCUT2D eigenvalue weighted by atomic mass is 10.0. The Morgan fingerprint density at radius 1 is 1.50 bits per heavy atom. The summed E-state index contributed by atoms with van der Waals surface area (Å²) in [6, 6.07) is 4.32. The number of piperidine rings is 1. The molecule has 1 N–H and O–H groups in total. The van der Waals surface area contributed by atoms with E-state index in [0.29, 0.717) is 18.2 Å². The van der Waals surface area contributed by atoms with Crippen LogP contribution in [0.1, 0.15) is 42.1 Å². The topological polar surface area (TPSA) is 40.5 Å². The number of nitrogens with zero attached hydrogens (tertiary/aromatic N) is 1. The van der Waals surface area contributed by atoms with Crippen molar-refractivity contribution in [2.45, 2.75) is 38.8 Å². The van der Waals surface area contributed by atoms with Crippen molar-refractivity contribution in [2.24, 2.45) is 0 Å². The van der Waals surface area contributed by atoms with Gasteiger partial charge >= 0.3 is 5.97 Å². The first-order chi connectivity index (χ1) is 8.58. The van der Waals surface area contributed by atoms with Gasteiger partial charge < -0.3 is 5.11 Å². The quantitative estimate of drug-likeness (QED) is 0.898. The fourth-order valence-electron chi connectivity index (χ4n) is 2.51. The molecule has 18 heavy (non-hydrogen) atoms. The standard InChI is InChI=1S/C14H18FNO2/c1-10-4-2-3-7-16(10)9-11-8-12(15)5-6-13(11)14(17)18/h5-6,8,10H,2-4,7,9H2,1H3,(H,17,18). The Morgan fingerprint density at radius 2 is 2.28 bits per heavy atom. The molecule has 1 atom stereocenters. The molecular formula is C14H18FNO2. The fourth-order valence-corrected chi connectivity index (χ4v) is 2.51. The molecule has 1 aliphatic rings. The van der Waals surface area contributed by atoms with E-state index >= 15 is 0 Å². The number of carboxylic acids is 1. The molecular weight excluding hydrogens is 233 g/mol. The van der Waals surface area contributed by atoms with Crippen LogP contribution in [0.3, 0.4) is 0 Å². The first-order valence-corrected chi connectivity index (χ1v) is 6.33. The van der Waals surface area contributed by atoms with E-state index in [1.807, 2.05) is 0 Å². The predicted octanol–water partition coefficient (Wildman–Crippen LogP) is 2.90. The molecule has 1 unspecified atom stereocenters. The van der Waals surface area contributed by atoms with E-state index in [-0.39, 0.29) is 11.4 Å². The van der Waals surface area contributed by atoms with Crippen LogP contribution in [0, 0.1) is 5.82 Å². The fraction of sp³-hybridized carbons (Fsp3) is 0.500. The first-order valence-electron chi connectivity index (χ1n) is 6.33. The third kappa shape index (κ3) is 2.88. The van der Waals surface area contributed by atoms with Crippen LogP contribution in [-0.4, -0.2) is 28.6 Å². The van der Waals surface area contributed by atoms with E-state index in [9.17, 15) is 9.18 Å². The zero-order valence-corrected chi connectivity index (χ0v) is 10.5. The summed E-state index contributed by atoms with van der Waals surface area (Å²) in [4.78, 5) is 13.3. The van der Waals surface area contributed by atoms with E-state index in [2.05, 4.69) is 11.8 Å². The summed E-state index contributed by atoms with van der Waals surface area (Å²) in [7, 11) is 0. The summed E-state index contributed by atoms with van der Waals surface area (Å²) in [5.41, 5.74) is 0.769. The number of rotatable bonds is 3. The van der Waals surface area contributed by atoms with E-state index < -0.39 is 5.97 Å². The summed E-state index contributed by atoms with van der Waals surface area (Å²) < 4.78 is 13.3. The van der Waals surface area contributed by atoms with Crippen LogP contribution >= 0.6 is 0 Å². The Kier molecular flexibility index (Phi) is 3.97. The van der Waals surface area contributed by atoms with Crippen molar-refractivity contribution in [2.75, 3.05) is 6.54 Å².